The average molecular weight is 235 g/mol. The Labute approximate surface area is 97.2 Å². The third-order valence-electron chi connectivity index (χ3n) is 2.20. The van der Waals surface area contributed by atoms with Crippen LogP contribution in [-0.4, -0.2) is 16.3 Å². The minimum Gasteiger partial charge on any atom is -0.508 e. The average Bonchev–Trinajstić information content (AvgIpc) is 2.30. The molecule has 1 heterocycles. The van der Waals surface area contributed by atoms with E-state index in [4.69, 9.17) is 0 Å². The first-order chi connectivity index (χ1) is 7.70. The molecule has 2 aromatic rings. The van der Waals surface area contributed by atoms with Crippen molar-refractivity contribution < 1.29 is 9.50 Å². The second kappa shape index (κ2) is 4.53. The molecule has 0 amide bonds. The maximum Gasteiger partial charge on any atom is 0.149 e. The largest absolute Gasteiger partial charge is 0.508 e. The zero-order valence-electron chi connectivity index (χ0n) is 8.64. The summed E-state index contributed by atoms with van der Waals surface area (Å²) in [5, 5.41) is 10.1. The number of aromatic hydroxyl groups is 1. The molecule has 0 bridgehead atoms. The number of benzene rings is 1. The summed E-state index contributed by atoms with van der Waals surface area (Å²) in [7, 11) is 0. The van der Waals surface area contributed by atoms with E-state index in [2.05, 4.69) is 4.98 Å². The number of phenolic OH excluding ortho intramolecular Hbond substituents is 1. The zero-order chi connectivity index (χ0) is 11.5. The molecule has 0 radical (unpaired) electrons. The highest BCUT2D eigenvalue weighted by Gasteiger charge is 2.07. The first-order valence-electron chi connectivity index (χ1n) is 4.69. The molecule has 2 rings (SSSR count). The fourth-order valence-corrected chi connectivity index (χ4v) is 1.82. The lowest BCUT2D eigenvalue weighted by molar-refractivity contribution is 0.475. The van der Waals surface area contributed by atoms with Crippen molar-refractivity contribution in [1.29, 1.82) is 0 Å². The third kappa shape index (κ3) is 2.17. The Kier molecular flexibility index (Phi) is 3.10. The minimum atomic E-state index is -0.386. The van der Waals surface area contributed by atoms with Crippen molar-refractivity contribution in [1.82, 2.24) is 4.98 Å². The highest BCUT2D eigenvalue weighted by atomic mass is 32.2. The number of halogens is 1. The quantitative estimate of drug-likeness (QED) is 0.811. The Morgan fingerprint density at radius 3 is 2.81 bits per heavy atom. The Morgan fingerprint density at radius 1 is 1.31 bits per heavy atom. The van der Waals surface area contributed by atoms with Crippen LogP contribution in [0.3, 0.4) is 0 Å². The van der Waals surface area contributed by atoms with Crippen LogP contribution in [0.15, 0.2) is 41.6 Å². The predicted molar refractivity (Wildman–Crippen MR) is 63.1 cm³/mol. The number of thioether (sulfide) groups is 1. The fraction of sp³-hybridized carbons (Fsp3) is 0.0833. The van der Waals surface area contributed by atoms with Gasteiger partial charge in [0, 0.05) is 5.56 Å². The van der Waals surface area contributed by atoms with Crippen LogP contribution in [0.2, 0.25) is 0 Å². The van der Waals surface area contributed by atoms with Crippen molar-refractivity contribution in [2.45, 2.75) is 5.03 Å². The summed E-state index contributed by atoms with van der Waals surface area (Å²) in [6.07, 6.45) is 3.08. The molecule has 4 heteroatoms. The molecular formula is C12H10FNOS. The van der Waals surface area contributed by atoms with Crippen molar-refractivity contribution in [3.8, 4) is 16.9 Å². The van der Waals surface area contributed by atoms with Gasteiger partial charge in [-0.2, -0.15) is 0 Å². The smallest absolute Gasteiger partial charge is 0.149 e. The highest BCUT2D eigenvalue weighted by Crippen LogP contribution is 2.27. The Bertz CT molecular complexity index is 516. The molecule has 0 aliphatic heterocycles. The Hall–Kier alpha value is -1.55. The van der Waals surface area contributed by atoms with Crippen LogP contribution in [0, 0.1) is 5.82 Å². The predicted octanol–water partition coefficient (Wildman–Crippen LogP) is 3.32. The molecule has 0 unspecified atom stereocenters. The molecule has 16 heavy (non-hydrogen) atoms. The standard InChI is InChI=1S/C12H10FNOS/c1-16-12-6-10(11(13)7-14-12)8-3-2-4-9(15)5-8/h2-7,15H,1H3. The van der Waals surface area contributed by atoms with Crippen LogP contribution < -0.4 is 0 Å². The lowest BCUT2D eigenvalue weighted by Gasteiger charge is -2.05. The Balaban J connectivity index is 2.54. The second-order valence-corrected chi connectivity index (χ2v) is 4.08. The second-order valence-electron chi connectivity index (χ2n) is 3.26. The van der Waals surface area contributed by atoms with E-state index in [0.717, 1.165) is 5.03 Å². The van der Waals surface area contributed by atoms with E-state index in [1.165, 1.54) is 24.0 Å². The van der Waals surface area contributed by atoms with Crippen molar-refractivity contribution in [3.05, 3.63) is 42.3 Å². The molecule has 0 aliphatic carbocycles. The van der Waals surface area contributed by atoms with Crippen molar-refractivity contribution in [2.75, 3.05) is 6.26 Å². The lowest BCUT2D eigenvalue weighted by atomic mass is 10.1. The topological polar surface area (TPSA) is 33.1 Å². The maximum atomic E-state index is 13.6. The van der Waals surface area contributed by atoms with E-state index in [9.17, 15) is 9.50 Å². The van der Waals surface area contributed by atoms with E-state index < -0.39 is 0 Å². The van der Waals surface area contributed by atoms with Crippen LogP contribution in [0.4, 0.5) is 4.39 Å². The summed E-state index contributed by atoms with van der Waals surface area (Å²) >= 11 is 1.45. The number of aromatic nitrogens is 1. The SMILES string of the molecule is CSc1cc(-c2cccc(O)c2)c(F)cn1. The summed E-state index contributed by atoms with van der Waals surface area (Å²) in [5.41, 5.74) is 1.10. The maximum absolute atomic E-state index is 13.6. The molecular weight excluding hydrogens is 225 g/mol. The summed E-state index contributed by atoms with van der Waals surface area (Å²) in [5.74, 6) is -0.261. The molecule has 0 saturated heterocycles. The van der Waals surface area contributed by atoms with Gasteiger partial charge in [-0.15, -0.1) is 11.8 Å². The van der Waals surface area contributed by atoms with Gasteiger partial charge in [0.2, 0.25) is 0 Å². The van der Waals surface area contributed by atoms with E-state index in [0.29, 0.717) is 11.1 Å². The Morgan fingerprint density at radius 2 is 2.12 bits per heavy atom. The summed E-state index contributed by atoms with van der Waals surface area (Å²) in [6, 6.07) is 8.20. The number of rotatable bonds is 2. The highest BCUT2D eigenvalue weighted by molar-refractivity contribution is 7.98. The van der Waals surface area contributed by atoms with E-state index >= 15 is 0 Å². The van der Waals surface area contributed by atoms with E-state index in [1.807, 2.05) is 6.26 Å². The van der Waals surface area contributed by atoms with Gasteiger partial charge in [0.1, 0.15) is 11.6 Å². The molecule has 0 atom stereocenters. The van der Waals surface area contributed by atoms with Gasteiger partial charge in [-0.25, -0.2) is 9.37 Å². The van der Waals surface area contributed by atoms with E-state index in [-0.39, 0.29) is 11.6 Å². The van der Waals surface area contributed by atoms with Gasteiger partial charge in [0.15, 0.2) is 0 Å². The molecule has 1 aromatic heterocycles. The number of hydrogen-bond donors (Lipinski definition) is 1. The molecule has 0 saturated carbocycles. The van der Waals surface area contributed by atoms with Crippen molar-refractivity contribution in [3.63, 3.8) is 0 Å². The number of phenols is 1. The summed E-state index contributed by atoms with van der Waals surface area (Å²) in [4.78, 5) is 3.93. The minimum absolute atomic E-state index is 0.124. The van der Waals surface area contributed by atoms with Crippen LogP contribution in [0.1, 0.15) is 0 Å². The van der Waals surface area contributed by atoms with E-state index in [1.54, 1.807) is 24.3 Å². The molecule has 1 N–H and O–H groups in total. The van der Waals surface area contributed by atoms with Gasteiger partial charge in [-0.05, 0) is 30.0 Å². The molecule has 0 aliphatic rings. The molecule has 82 valence electrons. The van der Waals surface area contributed by atoms with Gasteiger partial charge in [-0.1, -0.05) is 12.1 Å². The summed E-state index contributed by atoms with van der Waals surface area (Å²) in [6.45, 7) is 0. The van der Waals surface area contributed by atoms with Gasteiger partial charge in [-0.3, -0.25) is 0 Å². The first-order valence-corrected chi connectivity index (χ1v) is 5.92. The molecule has 0 fully saturated rings. The normalized spacial score (nSPS) is 10.4. The number of nitrogens with zero attached hydrogens (tertiary/aromatic N) is 1. The van der Waals surface area contributed by atoms with Gasteiger partial charge >= 0.3 is 0 Å². The van der Waals surface area contributed by atoms with Crippen LogP contribution in [0.5, 0.6) is 5.75 Å². The lowest BCUT2D eigenvalue weighted by Crippen LogP contribution is -1.88. The zero-order valence-corrected chi connectivity index (χ0v) is 9.46. The van der Waals surface area contributed by atoms with Gasteiger partial charge in [0.25, 0.3) is 0 Å². The fourth-order valence-electron chi connectivity index (χ4n) is 1.43. The van der Waals surface area contributed by atoms with Crippen LogP contribution in [0.25, 0.3) is 11.1 Å². The van der Waals surface area contributed by atoms with Crippen LogP contribution >= 0.6 is 11.8 Å². The van der Waals surface area contributed by atoms with Crippen molar-refractivity contribution >= 4 is 11.8 Å². The first kappa shape index (κ1) is 11.0. The van der Waals surface area contributed by atoms with Crippen LogP contribution in [-0.2, 0) is 0 Å². The monoisotopic (exact) mass is 235 g/mol. The van der Waals surface area contributed by atoms with Gasteiger partial charge < -0.3 is 5.11 Å². The third-order valence-corrected chi connectivity index (χ3v) is 2.84. The molecule has 2 nitrogen and oxygen atoms in total. The summed E-state index contributed by atoms with van der Waals surface area (Å²) < 4.78 is 13.6. The molecule has 0 spiro atoms. The number of pyridine rings is 1. The van der Waals surface area contributed by atoms with Crippen molar-refractivity contribution in [2.24, 2.45) is 0 Å². The molecule has 1 aromatic carbocycles. The van der Waals surface area contributed by atoms with Gasteiger partial charge in [0.05, 0.1) is 11.2 Å². The number of hydrogen-bond acceptors (Lipinski definition) is 3.